The van der Waals surface area contributed by atoms with Crippen LogP contribution in [0.15, 0.2) is 17.5 Å². The number of rotatable bonds is 7. The van der Waals surface area contributed by atoms with Crippen molar-refractivity contribution in [1.29, 1.82) is 5.26 Å². The third-order valence-corrected chi connectivity index (χ3v) is 3.56. The van der Waals surface area contributed by atoms with Gasteiger partial charge in [0.1, 0.15) is 0 Å². The highest BCUT2D eigenvalue weighted by molar-refractivity contribution is 7.09. The zero-order chi connectivity index (χ0) is 13.4. The number of carbonyl (C=O) groups is 1. The van der Waals surface area contributed by atoms with E-state index in [-0.39, 0.29) is 5.91 Å². The maximum Gasteiger partial charge on any atom is 0.223 e. The zero-order valence-corrected chi connectivity index (χ0v) is 11.7. The second kappa shape index (κ2) is 7.85. The van der Waals surface area contributed by atoms with Crippen LogP contribution in [0.4, 0.5) is 0 Å². The summed E-state index contributed by atoms with van der Waals surface area (Å²) in [4.78, 5) is 16.8. The fraction of sp³-hybridized carbons (Fsp3) is 0.538. The lowest BCUT2D eigenvalue weighted by Crippen LogP contribution is -2.31. The number of carbonyl (C=O) groups excluding carboxylic acids is 1. The van der Waals surface area contributed by atoms with Crippen molar-refractivity contribution in [3.05, 3.63) is 22.4 Å². The lowest BCUT2D eigenvalue weighted by Gasteiger charge is -2.19. The monoisotopic (exact) mass is 265 g/mol. The Balaban J connectivity index is 2.23. The second-order valence-electron chi connectivity index (χ2n) is 4.29. The van der Waals surface area contributed by atoms with Gasteiger partial charge < -0.3 is 9.80 Å². The largest absolute Gasteiger partial charge is 0.345 e. The van der Waals surface area contributed by atoms with E-state index >= 15 is 0 Å². The summed E-state index contributed by atoms with van der Waals surface area (Å²) in [6.07, 6.45) is 0.900. The van der Waals surface area contributed by atoms with Crippen LogP contribution < -0.4 is 0 Å². The van der Waals surface area contributed by atoms with Gasteiger partial charge in [-0.3, -0.25) is 4.79 Å². The first kappa shape index (κ1) is 14.7. The Hall–Kier alpha value is -1.38. The lowest BCUT2D eigenvalue weighted by molar-refractivity contribution is -0.130. The van der Waals surface area contributed by atoms with Gasteiger partial charge in [-0.1, -0.05) is 6.07 Å². The molecule has 0 saturated carbocycles. The second-order valence-corrected chi connectivity index (χ2v) is 5.32. The maximum atomic E-state index is 11.7. The summed E-state index contributed by atoms with van der Waals surface area (Å²) >= 11 is 1.73. The van der Waals surface area contributed by atoms with Crippen molar-refractivity contribution in [3.8, 4) is 6.07 Å². The van der Waals surface area contributed by atoms with Crippen molar-refractivity contribution in [1.82, 2.24) is 9.80 Å². The molecule has 1 aromatic rings. The van der Waals surface area contributed by atoms with Crippen molar-refractivity contribution < 1.29 is 4.79 Å². The Morgan fingerprint density at radius 3 is 2.83 bits per heavy atom. The van der Waals surface area contributed by atoms with E-state index in [1.54, 1.807) is 23.3 Å². The van der Waals surface area contributed by atoms with Crippen LogP contribution in [0.25, 0.3) is 0 Å². The molecule has 0 aliphatic heterocycles. The first-order valence-electron chi connectivity index (χ1n) is 5.95. The number of hydrogen-bond donors (Lipinski definition) is 0. The third kappa shape index (κ3) is 5.30. The van der Waals surface area contributed by atoms with Crippen molar-refractivity contribution in [3.63, 3.8) is 0 Å². The Labute approximate surface area is 112 Å². The van der Waals surface area contributed by atoms with E-state index < -0.39 is 0 Å². The van der Waals surface area contributed by atoms with Crippen LogP contribution in [0.2, 0.25) is 0 Å². The molecule has 18 heavy (non-hydrogen) atoms. The molecule has 0 spiro atoms. The minimum Gasteiger partial charge on any atom is -0.345 e. The summed E-state index contributed by atoms with van der Waals surface area (Å²) in [5.74, 6) is 0.100. The first-order valence-corrected chi connectivity index (χ1v) is 6.83. The molecule has 0 aromatic carbocycles. The van der Waals surface area contributed by atoms with Gasteiger partial charge in [0.15, 0.2) is 0 Å². The molecule has 0 aliphatic carbocycles. The summed E-state index contributed by atoms with van der Waals surface area (Å²) in [5, 5.41) is 10.5. The molecule has 1 amide bonds. The highest BCUT2D eigenvalue weighted by Gasteiger charge is 2.09. The van der Waals surface area contributed by atoms with Crippen LogP contribution >= 0.6 is 11.3 Å². The Morgan fingerprint density at radius 2 is 2.22 bits per heavy atom. The molecule has 0 fully saturated rings. The summed E-state index contributed by atoms with van der Waals surface area (Å²) in [5.41, 5.74) is 0. The molecule has 4 nitrogen and oxygen atoms in total. The zero-order valence-electron chi connectivity index (χ0n) is 10.9. The van der Waals surface area contributed by atoms with Crippen LogP contribution in [-0.4, -0.2) is 42.9 Å². The van der Waals surface area contributed by atoms with Gasteiger partial charge in [-0.25, -0.2) is 0 Å². The molecule has 5 heteroatoms. The minimum atomic E-state index is 0.100. The normalized spacial score (nSPS) is 10.3. The molecule has 1 rings (SSSR count). The molecule has 98 valence electrons. The van der Waals surface area contributed by atoms with Crippen molar-refractivity contribution in [2.75, 3.05) is 27.2 Å². The van der Waals surface area contributed by atoms with Crippen LogP contribution in [0.3, 0.4) is 0 Å². The first-order chi connectivity index (χ1) is 8.63. The summed E-state index contributed by atoms with van der Waals surface area (Å²) in [6, 6.07) is 6.18. The number of amides is 1. The Bertz CT molecular complexity index is 397. The number of nitrogens with zero attached hydrogens (tertiary/aromatic N) is 3. The number of hydrogen-bond acceptors (Lipinski definition) is 4. The van der Waals surface area contributed by atoms with E-state index in [0.717, 1.165) is 13.1 Å². The highest BCUT2D eigenvalue weighted by atomic mass is 32.1. The Morgan fingerprint density at radius 1 is 1.44 bits per heavy atom. The third-order valence-electron chi connectivity index (χ3n) is 2.70. The number of thiophene rings is 1. The average molecular weight is 265 g/mol. The molecule has 0 saturated heterocycles. The van der Waals surface area contributed by atoms with Crippen LogP contribution in [0.1, 0.15) is 17.7 Å². The fourth-order valence-electron chi connectivity index (χ4n) is 1.57. The molecule has 0 bridgehead atoms. The van der Waals surface area contributed by atoms with Crippen molar-refractivity contribution in [2.24, 2.45) is 0 Å². The predicted octanol–water partition coefficient (Wildman–Crippen LogP) is 1.94. The van der Waals surface area contributed by atoms with E-state index in [1.807, 2.05) is 19.2 Å². The molecular formula is C13H19N3OS. The predicted molar refractivity (Wildman–Crippen MR) is 73.1 cm³/mol. The van der Waals surface area contributed by atoms with E-state index in [0.29, 0.717) is 19.4 Å². The smallest absolute Gasteiger partial charge is 0.223 e. The average Bonchev–Trinajstić information content (AvgIpc) is 2.85. The van der Waals surface area contributed by atoms with Gasteiger partial charge in [-0.05, 0) is 18.5 Å². The van der Waals surface area contributed by atoms with Gasteiger partial charge in [0.05, 0.1) is 12.5 Å². The van der Waals surface area contributed by atoms with Gasteiger partial charge in [0, 0.05) is 38.0 Å². The van der Waals surface area contributed by atoms with Crippen LogP contribution in [0, 0.1) is 11.3 Å². The minimum absolute atomic E-state index is 0.100. The number of nitriles is 1. The molecule has 1 heterocycles. The highest BCUT2D eigenvalue weighted by Crippen LogP contribution is 2.10. The van der Waals surface area contributed by atoms with Crippen molar-refractivity contribution in [2.45, 2.75) is 19.4 Å². The van der Waals surface area contributed by atoms with Crippen molar-refractivity contribution >= 4 is 17.2 Å². The van der Waals surface area contributed by atoms with Crippen LogP contribution in [0.5, 0.6) is 0 Å². The molecule has 0 unspecified atom stereocenters. The molecule has 1 aromatic heterocycles. The van der Waals surface area contributed by atoms with Gasteiger partial charge in [-0.2, -0.15) is 5.26 Å². The molecule has 0 N–H and O–H groups in total. The fourth-order valence-corrected chi connectivity index (χ4v) is 2.35. The summed E-state index contributed by atoms with van der Waals surface area (Å²) < 4.78 is 0. The van der Waals surface area contributed by atoms with Gasteiger partial charge in [0.2, 0.25) is 5.91 Å². The van der Waals surface area contributed by atoms with Crippen LogP contribution in [-0.2, 0) is 11.3 Å². The standard InChI is InChI=1S/C13H19N3OS/c1-15(11-12-5-3-10-18-12)9-6-13(17)16(2)8-4-7-14/h3,5,10H,4,6,8-9,11H2,1-2H3. The van der Waals surface area contributed by atoms with E-state index in [9.17, 15) is 4.79 Å². The maximum absolute atomic E-state index is 11.7. The molecule has 0 aliphatic rings. The lowest BCUT2D eigenvalue weighted by atomic mass is 10.3. The van der Waals surface area contributed by atoms with E-state index in [4.69, 9.17) is 5.26 Å². The van der Waals surface area contributed by atoms with E-state index in [2.05, 4.69) is 16.3 Å². The quantitative estimate of drug-likeness (QED) is 0.757. The topological polar surface area (TPSA) is 47.3 Å². The summed E-state index contributed by atoms with van der Waals surface area (Å²) in [6.45, 7) is 2.14. The van der Waals surface area contributed by atoms with Gasteiger partial charge in [-0.15, -0.1) is 11.3 Å². The molecule has 0 radical (unpaired) electrons. The Kier molecular flexibility index (Phi) is 6.40. The van der Waals surface area contributed by atoms with Gasteiger partial charge in [0.25, 0.3) is 0 Å². The molecular weight excluding hydrogens is 246 g/mol. The molecule has 0 atom stereocenters. The SMILES string of the molecule is CN(CCC(=O)N(C)CCC#N)Cc1cccs1. The summed E-state index contributed by atoms with van der Waals surface area (Å²) in [7, 11) is 3.77. The van der Waals surface area contributed by atoms with E-state index in [1.165, 1.54) is 4.88 Å². The van der Waals surface area contributed by atoms with Gasteiger partial charge >= 0.3 is 0 Å².